The summed E-state index contributed by atoms with van der Waals surface area (Å²) in [7, 11) is -3.59. The Kier molecular flexibility index (Phi) is 7.37. The minimum Gasteiger partial charge on any atom is -0.328 e. The highest BCUT2D eigenvalue weighted by Gasteiger charge is 2.56. The summed E-state index contributed by atoms with van der Waals surface area (Å²) in [6.45, 7) is 1.77. The lowest BCUT2D eigenvalue weighted by Gasteiger charge is -2.19. The zero-order valence-corrected chi connectivity index (χ0v) is 12.0. The van der Waals surface area contributed by atoms with Crippen LogP contribution < -0.4 is 5.73 Å². The molecule has 0 radical (unpaired) electrons. The molecular formula is C11H20F5NO2S. The smallest absolute Gasteiger partial charge is 0.328 e. The fourth-order valence-electron chi connectivity index (χ4n) is 1.55. The lowest BCUT2D eigenvalue weighted by Crippen LogP contribution is -2.36. The second-order valence-corrected chi connectivity index (χ2v) is 7.23. The zero-order valence-electron chi connectivity index (χ0n) is 11.2. The Labute approximate surface area is 115 Å². The van der Waals surface area contributed by atoms with E-state index in [0.717, 1.165) is 0 Å². The second kappa shape index (κ2) is 7.53. The van der Waals surface area contributed by atoms with Crippen molar-refractivity contribution in [2.75, 3.05) is 11.5 Å². The van der Waals surface area contributed by atoms with Gasteiger partial charge in [0.15, 0.2) is 0 Å². The minimum atomic E-state index is -5.63. The van der Waals surface area contributed by atoms with Crippen molar-refractivity contribution < 1.29 is 30.4 Å². The number of rotatable bonds is 9. The van der Waals surface area contributed by atoms with E-state index < -0.39 is 40.5 Å². The Hall–Kier alpha value is -0.440. The minimum absolute atomic E-state index is 0.0526. The van der Waals surface area contributed by atoms with Crippen LogP contribution in [0.5, 0.6) is 0 Å². The van der Waals surface area contributed by atoms with E-state index in [2.05, 4.69) is 0 Å². The molecule has 0 spiro atoms. The van der Waals surface area contributed by atoms with Gasteiger partial charge < -0.3 is 5.73 Å². The van der Waals surface area contributed by atoms with Crippen LogP contribution in [0.15, 0.2) is 0 Å². The Morgan fingerprint density at radius 3 is 1.95 bits per heavy atom. The number of hydrogen-bond acceptors (Lipinski definition) is 3. The number of sulfone groups is 1. The number of halogens is 5. The molecule has 0 aliphatic heterocycles. The van der Waals surface area contributed by atoms with Gasteiger partial charge >= 0.3 is 12.1 Å². The molecule has 0 bridgehead atoms. The van der Waals surface area contributed by atoms with Gasteiger partial charge in [0.1, 0.15) is 9.84 Å². The molecule has 0 heterocycles. The summed E-state index contributed by atoms with van der Waals surface area (Å²) in [5.41, 5.74) is 5.47. The van der Waals surface area contributed by atoms with Crippen molar-refractivity contribution in [3.63, 3.8) is 0 Å². The Morgan fingerprint density at radius 2 is 1.50 bits per heavy atom. The monoisotopic (exact) mass is 325 g/mol. The maximum Gasteiger partial charge on any atom is 0.453 e. The molecule has 0 saturated heterocycles. The topological polar surface area (TPSA) is 60.2 Å². The number of hydrogen-bond donors (Lipinski definition) is 1. The van der Waals surface area contributed by atoms with E-state index in [1.54, 1.807) is 6.92 Å². The van der Waals surface area contributed by atoms with Crippen molar-refractivity contribution in [3.05, 3.63) is 0 Å². The first-order valence-electron chi connectivity index (χ1n) is 6.28. The van der Waals surface area contributed by atoms with Crippen molar-refractivity contribution in [2.24, 2.45) is 5.73 Å². The molecule has 0 rings (SSSR count). The average molecular weight is 325 g/mol. The van der Waals surface area contributed by atoms with Crippen LogP contribution in [0.25, 0.3) is 0 Å². The number of nitrogens with two attached hydrogens (primary N) is 1. The number of unbranched alkanes of at least 4 members (excludes halogenated alkanes) is 1. The Morgan fingerprint density at radius 1 is 1.00 bits per heavy atom. The molecule has 1 unspecified atom stereocenters. The van der Waals surface area contributed by atoms with Crippen LogP contribution in [0.1, 0.15) is 39.0 Å². The predicted molar refractivity (Wildman–Crippen MR) is 66.4 cm³/mol. The van der Waals surface area contributed by atoms with E-state index in [9.17, 15) is 30.4 Å². The first-order chi connectivity index (χ1) is 8.87. The zero-order chi connectivity index (χ0) is 16.0. The summed E-state index contributed by atoms with van der Waals surface area (Å²) in [4.78, 5) is 0. The third-order valence-corrected chi connectivity index (χ3v) is 4.55. The van der Waals surface area contributed by atoms with Crippen molar-refractivity contribution >= 4 is 9.84 Å². The molecule has 0 aliphatic rings. The molecule has 0 saturated carbocycles. The quantitative estimate of drug-likeness (QED) is 0.524. The normalized spacial score (nSPS) is 15.3. The van der Waals surface area contributed by atoms with Crippen molar-refractivity contribution in [1.82, 2.24) is 0 Å². The van der Waals surface area contributed by atoms with Gasteiger partial charge in [-0.15, -0.1) is 0 Å². The molecule has 0 aromatic rings. The number of alkyl halides is 5. The SMILES string of the molecule is CC(N)CCCCS(=O)(=O)CCCC(F)(F)C(F)(F)F. The van der Waals surface area contributed by atoms with Gasteiger partial charge in [-0.2, -0.15) is 22.0 Å². The average Bonchev–Trinajstić information content (AvgIpc) is 2.22. The largest absolute Gasteiger partial charge is 0.453 e. The molecule has 0 fully saturated rings. The lowest BCUT2D eigenvalue weighted by atomic mass is 10.2. The Balaban J connectivity index is 4.06. The molecule has 1 atom stereocenters. The summed E-state index contributed by atoms with van der Waals surface area (Å²) in [6, 6.07) is -0.0526. The Bertz CT molecular complexity index is 379. The third kappa shape index (κ3) is 7.98. The molecule has 0 aromatic heterocycles. The van der Waals surface area contributed by atoms with Gasteiger partial charge in [-0.25, -0.2) is 8.42 Å². The van der Waals surface area contributed by atoms with E-state index in [1.807, 2.05) is 0 Å². The van der Waals surface area contributed by atoms with Crippen LogP contribution in [0.2, 0.25) is 0 Å². The molecule has 0 amide bonds. The summed E-state index contributed by atoms with van der Waals surface area (Å²) < 4.78 is 83.6. The molecule has 2 N–H and O–H groups in total. The van der Waals surface area contributed by atoms with Crippen LogP contribution in [-0.4, -0.2) is 38.1 Å². The van der Waals surface area contributed by atoms with Crippen molar-refractivity contribution in [3.8, 4) is 0 Å². The lowest BCUT2D eigenvalue weighted by molar-refractivity contribution is -0.284. The highest BCUT2D eigenvalue weighted by molar-refractivity contribution is 7.91. The third-order valence-electron chi connectivity index (χ3n) is 2.73. The second-order valence-electron chi connectivity index (χ2n) is 4.93. The van der Waals surface area contributed by atoms with Gasteiger partial charge in [-0.1, -0.05) is 6.42 Å². The first kappa shape index (κ1) is 19.6. The summed E-state index contributed by atoms with van der Waals surface area (Å²) in [5, 5.41) is 0. The van der Waals surface area contributed by atoms with Gasteiger partial charge in [-0.3, -0.25) is 0 Å². The van der Waals surface area contributed by atoms with Crippen LogP contribution >= 0.6 is 0 Å². The van der Waals surface area contributed by atoms with Crippen molar-refractivity contribution in [1.29, 1.82) is 0 Å². The molecule has 0 aromatic carbocycles. The van der Waals surface area contributed by atoms with Gasteiger partial charge in [0, 0.05) is 12.5 Å². The fraction of sp³-hybridized carbons (Fsp3) is 1.00. The van der Waals surface area contributed by atoms with Crippen molar-refractivity contribution in [2.45, 2.75) is 57.2 Å². The van der Waals surface area contributed by atoms with E-state index in [1.165, 1.54) is 0 Å². The molecule has 3 nitrogen and oxygen atoms in total. The molecule has 9 heteroatoms. The predicted octanol–water partition coefficient (Wildman–Crippen LogP) is 2.90. The van der Waals surface area contributed by atoms with Crippen LogP contribution in [0, 0.1) is 0 Å². The van der Waals surface area contributed by atoms with E-state index in [0.29, 0.717) is 19.3 Å². The summed E-state index contributed by atoms with van der Waals surface area (Å²) >= 11 is 0. The van der Waals surface area contributed by atoms with Gasteiger partial charge in [0.05, 0.1) is 11.5 Å². The van der Waals surface area contributed by atoms with Crippen LogP contribution in [0.3, 0.4) is 0 Å². The van der Waals surface area contributed by atoms with E-state index in [-0.39, 0.29) is 11.8 Å². The highest BCUT2D eigenvalue weighted by atomic mass is 32.2. The highest BCUT2D eigenvalue weighted by Crippen LogP contribution is 2.38. The molecule has 122 valence electrons. The summed E-state index contributed by atoms with van der Waals surface area (Å²) in [6.07, 6.45) is -6.29. The van der Waals surface area contributed by atoms with Gasteiger partial charge in [-0.05, 0) is 26.2 Å². The van der Waals surface area contributed by atoms with Crippen LogP contribution in [-0.2, 0) is 9.84 Å². The van der Waals surface area contributed by atoms with E-state index in [4.69, 9.17) is 5.73 Å². The maximum atomic E-state index is 12.6. The van der Waals surface area contributed by atoms with Crippen LogP contribution in [0.4, 0.5) is 22.0 Å². The molecular weight excluding hydrogens is 305 g/mol. The van der Waals surface area contributed by atoms with Gasteiger partial charge in [0.2, 0.25) is 0 Å². The summed E-state index contributed by atoms with van der Waals surface area (Å²) in [5.74, 6) is -5.70. The maximum absolute atomic E-state index is 12.6. The molecule has 0 aliphatic carbocycles. The molecule has 20 heavy (non-hydrogen) atoms. The first-order valence-corrected chi connectivity index (χ1v) is 8.10. The van der Waals surface area contributed by atoms with Gasteiger partial charge in [0.25, 0.3) is 0 Å². The van der Waals surface area contributed by atoms with E-state index >= 15 is 0 Å². The fourth-order valence-corrected chi connectivity index (χ4v) is 2.98. The standard InChI is InChI=1S/C11H20F5NO2S/c1-9(17)5-2-3-7-20(18,19)8-4-6-10(12,13)11(14,15)16/h9H,2-8,17H2,1H3.